The minimum absolute atomic E-state index is 0.124. The number of esters is 1. The Morgan fingerprint density at radius 2 is 1.82 bits per heavy atom. The average Bonchev–Trinajstić information content (AvgIpc) is 2.86. The number of aliphatic imine (C=N–C) groups is 1. The number of carbonyl (C=O) groups is 2. The topological polar surface area (TPSA) is 89.9 Å². The summed E-state index contributed by atoms with van der Waals surface area (Å²) in [6.45, 7) is 0.124. The standard InChI is InChI=1S/C26H24ClN3O4/c1-33-22-13-11-19(15-28-22)24-23(25(31)34-16-18-6-3-2-4-7-18)21(29-26(32)30-24)12-10-17-8-5-9-20(27)14-17/h2-9,11,13-15,23-24H,10,12,16H2,1H3,(H,30,32). The lowest BCUT2D eigenvalue weighted by atomic mass is 9.86. The second kappa shape index (κ2) is 10.9. The van der Waals surface area contributed by atoms with Gasteiger partial charge in [-0.05, 0) is 41.7 Å². The van der Waals surface area contributed by atoms with E-state index in [9.17, 15) is 9.59 Å². The molecule has 0 fully saturated rings. The molecular formula is C26H24ClN3O4. The van der Waals surface area contributed by atoms with E-state index >= 15 is 0 Å². The van der Waals surface area contributed by atoms with E-state index in [1.165, 1.54) is 7.11 Å². The molecule has 0 saturated heterocycles. The first-order valence-corrected chi connectivity index (χ1v) is 11.2. The number of hydrogen-bond acceptors (Lipinski definition) is 5. The number of halogens is 1. The van der Waals surface area contributed by atoms with Gasteiger partial charge in [0, 0.05) is 23.0 Å². The van der Waals surface area contributed by atoms with Crippen LogP contribution in [0.15, 0.2) is 77.9 Å². The number of methoxy groups -OCH3 is 1. The maximum absolute atomic E-state index is 13.3. The summed E-state index contributed by atoms with van der Waals surface area (Å²) in [7, 11) is 1.52. The van der Waals surface area contributed by atoms with E-state index in [-0.39, 0.29) is 6.61 Å². The Balaban J connectivity index is 1.60. The number of urea groups is 1. The van der Waals surface area contributed by atoms with Crippen molar-refractivity contribution in [2.24, 2.45) is 10.9 Å². The van der Waals surface area contributed by atoms with Gasteiger partial charge in [-0.1, -0.05) is 60.1 Å². The van der Waals surface area contributed by atoms with E-state index in [0.717, 1.165) is 11.1 Å². The van der Waals surface area contributed by atoms with Crippen LogP contribution in [0.1, 0.15) is 29.2 Å². The van der Waals surface area contributed by atoms with E-state index < -0.39 is 24.0 Å². The minimum atomic E-state index is -0.796. The van der Waals surface area contributed by atoms with Crippen LogP contribution >= 0.6 is 11.6 Å². The normalized spacial score (nSPS) is 17.5. The van der Waals surface area contributed by atoms with E-state index in [1.54, 1.807) is 24.4 Å². The monoisotopic (exact) mass is 477 g/mol. The second-order valence-corrected chi connectivity index (χ2v) is 8.30. The molecule has 1 aromatic heterocycles. The van der Waals surface area contributed by atoms with Crippen molar-refractivity contribution in [1.82, 2.24) is 10.3 Å². The van der Waals surface area contributed by atoms with Crippen LogP contribution in [0.2, 0.25) is 5.02 Å². The third kappa shape index (κ3) is 5.80. The molecule has 34 heavy (non-hydrogen) atoms. The summed E-state index contributed by atoms with van der Waals surface area (Å²) in [6.07, 6.45) is 2.56. The average molecular weight is 478 g/mol. The second-order valence-electron chi connectivity index (χ2n) is 7.87. The van der Waals surface area contributed by atoms with Crippen molar-refractivity contribution in [1.29, 1.82) is 0 Å². The summed E-state index contributed by atoms with van der Waals surface area (Å²) in [6, 6.07) is 19.2. The number of benzene rings is 2. The molecule has 8 heteroatoms. The lowest BCUT2D eigenvalue weighted by molar-refractivity contribution is -0.148. The van der Waals surface area contributed by atoms with Gasteiger partial charge < -0.3 is 14.8 Å². The summed E-state index contributed by atoms with van der Waals surface area (Å²) in [4.78, 5) is 34.2. The number of aryl methyl sites for hydroxylation is 1. The molecule has 174 valence electrons. The molecular weight excluding hydrogens is 454 g/mol. The van der Waals surface area contributed by atoms with Crippen LogP contribution in [-0.4, -0.2) is 29.8 Å². The summed E-state index contributed by atoms with van der Waals surface area (Å²) in [5.41, 5.74) is 2.98. The van der Waals surface area contributed by atoms with E-state index in [2.05, 4.69) is 15.3 Å². The zero-order chi connectivity index (χ0) is 23.9. The van der Waals surface area contributed by atoms with E-state index in [1.807, 2.05) is 48.5 Å². The third-order valence-corrected chi connectivity index (χ3v) is 5.82. The van der Waals surface area contributed by atoms with Gasteiger partial charge in [0.05, 0.1) is 13.2 Å². The van der Waals surface area contributed by atoms with Crippen molar-refractivity contribution in [2.75, 3.05) is 7.11 Å². The van der Waals surface area contributed by atoms with Crippen LogP contribution in [-0.2, 0) is 22.6 Å². The molecule has 0 spiro atoms. The molecule has 4 rings (SSSR count). The molecule has 2 aromatic carbocycles. The summed E-state index contributed by atoms with van der Waals surface area (Å²) in [5.74, 6) is -0.825. The highest BCUT2D eigenvalue weighted by molar-refractivity contribution is 6.30. The Kier molecular flexibility index (Phi) is 7.54. The number of nitrogens with one attached hydrogen (secondary N) is 1. The molecule has 0 bridgehead atoms. The molecule has 2 unspecified atom stereocenters. The molecule has 3 aromatic rings. The Labute approximate surface area is 202 Å². The number of aromatic nitrogens is 1. The van der Waals surface area contributed by atoms with Crippen LogP contribution in [0.5, 0.6) is 5.88 Å². The molecule has 7 nitrogen and oxygen atoms in total. The highest BCUT2D eigenvalue weighted by Crippen LogP contribution is 2.30. The van der Waals surface area contributed by atoms with Crippen molar-refractivity contribution >= 4 is 29.3 Å². The van der Waals surface area contributed by atoms with E-state index in [0.29, 0.717) is 35.0 Å². The lowest BCUT2D eigenvalue weighted by Crippen LogP contribution is -2.45. The van der Waals surface area contributed by atoms with Crippen molar-refractivity contribution < 1.29 is 19.1 Å². The first-order chi connectivity index (χ1) is 16.5. The fourth-order valence-electron chi connectivity index (χ4n) is 3.88. The maximum Gasteiger partial charge on any atom is 0.341 e. The maximum atomic E-state index is 13.3. The van der Waals surface area contributed by atoms with Gasteiger partial charge in [-0.25, -0.2) is 14.8 Å². The summed E-state index contributed by atoms with van der Waals surface area (Å²) < 4.78 is 10.8. The molecule has 0 saturated carbocycles. The minimum Gasteiger partial charge on any atom is -0.481 e. The smallest absolute Gasteiger partial charge is 0.341 e. The van der Waals surface area contributed by atoms with Gasteiger partial charge in [0.1, 0.15) is 12.5 Å². The summed E-state index contributed by atoms with van der Waals surface area (Å²) >= 11 is 6.11. The molecule has 2 heterocycles. The van der Waals surface area contributed by atoms with Crippen LogP contribution in [0.3, 0.4) is 0 Å². The van der Waals surface area contributed by atoms with Gasteiger partial charge in [0.25, 0.3) is 0 Å². The lowest BCUT2D eigenvalue weighted by Gasteiger charge is -2.31. The molecule has 0 aliphatic carbocycles. The number of hydrogen-bond donors (Lipinski definition) is 1. The molecule has 1 aliphatic heterocycles. The predicted molar refractivity (Wildman–Crippen MR) is 129 cm³/mol. The van der Waals surface area contributed by atoms with Crippen LogP contribution in [0.25, 0.3) is 0 Å². The SMILES string of the molecule is COc1ccc(C2NC(=O)N=C(CCc3cccc(Cl)c3)C2C(=O)OCc2ccccc2)cn1. The van der Waals surface area contributed by atoms with Crippen molar-refractivity contribution in [3.05, 3.63) is 94.6 Å². The predicted octanol–water partition coefficient (Wildman–Crippen LogP) is 4.94. The first-order valence-electron chi connectivity index (χ1n) is 10.9. The third-order valence-electron chi connectivity index (χ3n) is 5.58. The van der Waals surface area contributed by atoms with Crippen molar-refractivity contribution in [3.8, 4) is 5.88 Å². The highest BCUT2D eigenvalue weighted by atomic mass is 35.5. The van der Waals surface area contributed by atoms with Gasteiger partial charge >= 0.3 is 12.0 Å². The quantitative estimate of drug-likeness (QED) is 0.464. The van der Waals surface area contributed by atoms with Gasteiger partial charge in [-0.2, -0.15) is 0 Å². The fourth-order valence-corrected chi connectivity index (χ4v) is 4.09. The Morgan fingerprint density at radius 3 is 2.53 bits per heavy atom. The Hall–Kier alpha value is -3.71. The molecule has 1 aliphatic rings. The van der Waals surface area contributed by atoms with Crippen molar-refractivity contribution in [2.45, 2.75) is 25.5 Å². The fraction of sp³-hybridized carbons (Fsp3) is 0.231. The number of nitrogens with zero attached hydrogens (tertiary/aromatic N) is 2. The number of ether oxygens (including phenoxy) is 2. The number of amides is 2. The van der Waals surface area contributed by atoms with Crippen LogP contribution in [0.4, 0.5) is 4.79 Å². The number of pyridine rings is 1. The first kappa shape index (κ1) is 23.4. The van der Waals surface area contributed by atoms with Crippen LogP contribution < -0.4 is 10.1 Å². The van der Waals surface area contributed by atoms with Gasteiger partial charge in [0.2, 0.25) is 5.88 Å². The van der Waals surface area contributed by atoms with Gasteiger partial charge in [-0.3, -0.25) is 4.79 Å². The van der Waals surface area contributed by atoms with Gasteiger partial charge in [0.15, 0.2) is 0 Å². The molecule has 2 atom stereocenters. The van der Waals surface area contributed by atoms with Crippen LogP contribution in [0, 0.1) is 5.92 Å². The number of carbonyl (C=O) groups excluding carboxylic acids is 2. The molecule has 1 N–H and O–H groups in total. The highest BCUT2D eigenvalue weighted by Gasteiger charge is 2.39. The Bertz CT molecular complexity index is 1180. The van der Waals surface area contributed by atoms with Crippen molar-refractivity contribution in [3.63, 3.8) is 0 Å². The van der Waals surface area contributed by atoms with E-state index in [4.69, 9.17) is 21.1 Å². The molecule has 0 radical (unpaired) electrons. The zero-order valence-electron chi connectivity index (χ0n) is 18.6. The number of rotatable bonds is 8. The zero-order valence-corrected chi connectivity index (χ0v) is 19.4. The van der Waals surface area contributed by atoms with Gasteiger partial charge in [-0.15, -0.1) is 0 Å². The summed E-state index contributed by atoms with van der Waals surface area (Å²) in [5, 5.41) is 3.43. The largest absolute Gasteiger partial charge is 0.481 e. The molecule has 2 amide bonds. The Morgan fingerprint density at radius 1 is 1.03 bits per heavy atom.